The van der Waals surface area contributed by atoms with E-state index in [4.69, 9.17) is 13.8 Å². The summed E-state index contributed by atoms with van der Waals surface area (Å²) in [6.45, 7) is 7.02. The first kappa shape index (κ1) is 29.3. The van der Waals surface area contributed by atoms with E-state index in [-0.39, 0.29) is 10.7 Å². The van der Waals surface area contributed by atoms with Crippen LogP contribution < -0.4 is 9.05 Å². The zero-order chi connectivity index (χ0) is 26.7. The summed E-state index contributed by atoms with van der Waals surface area (Å²) >= 11 is 0. The van der Waals surface area contributed by atoms with Gasteiger partial charge in [-0.3, -0.25) is 0 Å². The van der Waals surface area contributed by atoms with Gasteiger partial charge in [0.2, 0.25) is 0 Å². The molecule has 0 aromatic heterocycles. The molecule has 2 heterocycles. The lowest BCUT2D eigenvalue weighted by Crippen LogP contribution is -2.33. The largest absolute Gasteiger partial charge is 0.430 e. The van der Waals surface area contributed by atoms with Crippen LogP contribution in [0.1, 0.15) is 135 Å². The Kier molecular flexibility index (Phi) is 10.8. The second kappa shape index (κ2) is 14.1. The Hall–Kier alpha value is -1.73. The number of hydrogen-bond acceptors (Lipinski definition) is 3. The molecule has 0 fully saturated rings. The summed E-state index contributed by atoms with van der Waals surface area (Å²) in [7, 11) is -2.67. The first-order chi connectivity index (χ1) is 18.4. The number of hydrogen-bond donors (Lipinski definition) is 0. The molecule has 2 aliphatic heterocycles. The van der Waals surface area contributed by atoms with Crippen molar-refractivity contribution < 1.29 is 9.05 Å². The van der Waals surface area contributed by atoms with Crippen LogP contribution >= 0.6 is 7.51 Å². The molecular weight excluding hydrogens is 485 g/mol. The monoisotopic (exact) mass is 537 g/mol. The van der Waals surface area contributed by atoms with Gasteiger partial charge >= 0.3 is 7.51 Å². The van der Waals surface area contributed by atoms with Crippen LogP contribution in [0.25, 0.3) is 0 Å². The van der Waals surface area contributed by atoms with Gasteiger partial charge in [0, 0.05) is 5.56 Å². The molecule has 0 amide bonds. The van der Waals surface area contributed by atoms with Gasteiger partial charge in [-0.05, 0) is 51.8 Å². The Morgan fingerprint density at radius 1 is 0.605 bits per heavy atom. The minimum atomic E-state index is -2.67. The summed E-state index contributed by atoms with van der Waals surface area (Å²) in [5, 5.41) is -0.184. The van der Waals surface area contributed by atoms with Crippen molar-refractivity contribution in [2.75, 3.05) is 0 Å². The van der Waals surface area contributed by atoms with E-state index in [0.29, 0.717) is 0 Å². The SMILES string of the molecule is CC12CCCCCCCCCCCCCCCCCC(C)(C)P(Oc3ccccc3)(=N1)Oc1ccccc12. The van der Waals surface area contributed by atoms with Crippen LogP contribution in [0.5, 0.6) is 11.5 Å². The molecule has 210 valence electrons. The molecule has 0 saturated heterocycles. The Bertz CT molecular complexity index is 1030. The third-order valence-corrected chi connectivity index (χ3v) is 12.1. The van der Waals surface area contributed by atoms with Crippen LogP contribution in [0, 0.1) is 0 Å². The zero-order valence-electron chi connectivity index (χ0n) is 24.4. The molecule has 38 heavy (non-hydrogen) atoms. The third kappa shape index (κ3) is 7.68. The quantitative estimate of drug-likeness (QED) is 0.357. The van der Waals surface area contributed by atoms with Gasteiger partial charge in [0.1, 0.15) is 11.5 Å². The molecule has 2 bridgehead atoms. The highest BCUT2D eigenvalue weighted by atomic mass is 31.2. The summed E-state index contributed by atoms with van der Waals surface area (Å²) in [4.78, 5) is 0. The van der Waals surface area contributed by atoms with Crippen LogP contribution in [0.2, 0.25) is 0 Å². The fourth-order valence-corrected chi connectivity index (χ4v) is 9.13. The Morgan fingerprint density at radius 2 is 1.08 bits per heavy atom. The van der Waals surface area contributed by atoms with E-state index in [9.17, 15) is 0 Å². The Morgan fingerprint density at radius 3 is 1.66 bits per heavy atom. The highest BCUT2D eigenvalue weighted by molar-refractivity contribution is 7.59. The van der Waals surface area contributed by atoms with Crippen molar-refractivity contribution in [2.45, 2.75) is 141 Å². The van der Waals surface area contributed by atoms with Crippen molar-refractivity contribution in [1.82, 2.24) is 0 Å². The minimum absolute atomic E-state index is 0.184. The highest BCUT2D eigenvalue weighted by Gasteiger charge is 2.49. The molecule has 0 radical (unpaired) electrons. The van der Waals surface area contributed by atoms with E-state index >= 15 is 0 Å². The van der Waals surface area contributed by atoms with Crippen LogP contribution in [-0.4, -0.2) is 5.16 Å². The number of fused-ring (bicyclic) bond motifs is 3. The van der Waals surface area contributed by atoms with Crippen LogP contribution in [-0.2, 0) is 5.54 Å². The van der Waals surface area contributed by atoms with Crippen molar-refractivity contribution >= 4 is 7.51 Å². The standard InChI is InChI=1S/C34H52NO2P/c1-33(2)28-22-15-13-11-9-7-5-4-6-8-10-12-14-16-23-29-34(3)31-26-20-21-27-32(31)37-38(33,35-34)36-30-24-18-17-19-25-30/h17-21,24-27H,4-16,22-23,28-29H2,1-3H3. The van der Waals surface area contributed by atoms with Crippen molar-refractivity contribution in [1.29, 1.82) is 0 Å². The van der Waals surface area contributed by atoms with E-state index in [0.717, 1.165) is 24.3 Å². The Balaban J connectivity index is 1.64. The van der Waals surface area contributed by atoms with E-state index in [2.05, 4.69) is 57.2 Å². The summed E-state index contributed by atoms with van der Waals surface area (Å²) in [6, 6.07) is 18.9. The van der Waals surface area contributed by atoms with Gasteiger partial charge in [-0.1, -0.05) is 133 Å². The lowest BCUT2D eigenvalue weighted by Gasteiger charge is -2.45. The lowest BCUT2D eigenvalue weighted by atomic mass is 9.87. The Labute approximate surface area is 233 Å². The van der Waals surface area contributed by atoms with E-state index in [1.807, 2.05) is 18.2 Å². The molecule has 0 spiro atoms. The second-order valence-corrected chi connectivity index (χ2v) is 15.3. The maximum Gasteiger partial charge on any atom is 0.320 e. The first-order valence-corrected chi connectivity index (χ1v) is 17.2. The van der Waals surface area contributed by atoms with Crippen LogP contribution in [0.4, 0.5) is 0 Å². The van der Waals surface area contributed by atoms with E-state index in [1.165, 1.54) is 102 Å². The first-order valence-electron chi connectivity index (χ1n) is 15.6. The van der Waals surface area contributed by atoms with Crippen molar-refractivity contribution in [3.8, 4) is 11.5 Å². The molecule has 2 aromatic rings. The lowest BCUT2D eigenvalue weighted by molar-refractivity contribution is 0.344. The van der Waals surface area contributed by atoms with E-state index in [1.54, 1.807) is 0 Å². The van der Waals surface area contributed by atoms with Crippen LogP contribution in [0.3, 0.4) is 0 Å². The molecule has 2 aliphatic rings. The average molecular weight is 538 g/mol. The molecule has 4 heteroatoms. The third-order valence-electron chi connectivity index (χ3n) is 8.73. The van der Waals surface area contributed by atoms with Gasteiger partial charge in [0.05, 0.1) is 10.7 Å². The van der Waals surface area contributed by atoms with Gasteiger partial charge in [0.25, 0.3) is 0 Å². The van der Waals surface area contributed by atoms with Crippen molar-refractivity contribution in [3.63, 3.8) is 0 Å². The maximum absolute atomic E-state index is 6.98. The number of rotatable bonds is 2. The van der Waals surface area contributed by atoms with Crippen molar-refractivity contribution in [2.24, 2.45) is 4.74 Å². The van der Waals surface area contributed by atoms with Gasteiger partial charge in [-0.25, -0.2) is 4.74 Å². The predicted molar refractivity (Wildman–Crippen MR) is 163 cm³/mol. The molecule has 0 N–H and O–H groups in total. The van der Waals surface area contributed by atoms with Crippen molar-refractivity contribution in [3.05, 3.63) is 60.2 Å². The predicted octanol–water partition coefficient (Wildman–Crippen LogP) is 11.8. The normalized spacial score (nSPS) is 28.0. The van der Waals surface area contributed by atoms with E-state index < -0.39 is 7.51 Å². The fraction of sp³-hybridized carbons (Fsp3) is 0.647. The van der Waals surface area contributed by atoms with Gasteiger partial charge in [-0.15, -0.1) is 0 Å². The number of benzene rings is 2. The zero-order valence-corrected chi connectivity index (χ0v) is 25.3. The minimum Gasteiger partial charge on any atom is -0.430 e. The molecule has 3 nitrogen and oxygen atoms in total. The summed E-state index contributed by atoms with van der Waals surface area (Å²) in [6.07, 6.45) is 22.4. The average Bonchev–Trinajstić information content (AvgIpc) is 2.90. The van der Waals surface area contributed by atoms with Gasteiger partial charge in [-0.2, -0.15) is 0 Å². The summed E-state index contributed by atoms with van der Waals surface area (Å²) in [5.41, 5.74) is 0.925. The molecule has 4 rings (SSSR count). The summed E-state index contributed by atoms with van der Waals surface area (Å²) in [5.74, 6) is 1.84. The second-order valence-electron chi connectivity index (χ2n) is 12.5. The smallest absolute Gasteiger partial charge is 0.320 e. The number of para-hydroxylation sites is 2. The summed E-state index contributed by atoms with van der Waals surface area (Å²) < 4.78 is 19.6. The fourth-order valence-electron chi connectivity index (χ4n) is 6.19. The highest BCUT2D eigenvalue weighted by Crippen LogP contribution is 2.68. The topological polar surface area (TPSA) is 30.8 Å². The molecule has 2 atom stereocenters. The molecular formula is C34H52NO2P. The van der Waals surface area contributed by atoms with Crippen LogP contribution in [0.15, 0.2) is 59.3 Å². The molecule has 2 aromatic carbocycles. The maximum atomic E-state index is 6.98. The van der Waals surface area contributed by atoms with Gasteiger partial charge in [0.15, 0.2) is 0 Å². The molecule has 0 aliphatic carbocycles. The molecule has 2 unspecified atom stereocenters. The number of nitrogens with zero attached hydrogens (tertiary/aromatic N) is 1. The molecule has 0 saturated carbocycles. The van der Waals surface area contributed by atoms with Gasteiger partial charge < -0.3 is 9.05 Å².